The van der Waals surface area contributed by atoms with E-state index in [1.165, 1.54) is 41.2 Å². The Kier molecular flexibility index (Phi) is 8.13. The lowest BCUT2D eigenvalue weighted by molar-refractivity contribution is -0.128. The molecule has 1 aromatic heterocycles. The third-order valence-electron chi connectivity index (χ3n) is 6.45. The number of anilines is 1. The number of carbonyl (C=O) groups excluding carboxylic acids is 2. The van der Waals surface area contributed by atoms with Gasteiger partial charge in [0, 0.05) is 50.2 Å². The van der Waals surface area contributed by atoms with Gasteiger partial charge in [-0.15, -0.1) is 0 Å². The van der Waals surface area contributed by atoms with Crippen LogP contribution in [0.25, 0.3) is 11.1 Å². The first-order valence-electron chi connectivity index (χ1n) is 12.1. The second-order valence-electron chi connectivity index (χ2n) is 9.23. The number of nitrogens with zero attached hydrogens (tertiary/aromatic N) is 3. The SMILES string of the molecule is COC[C@H](O)Cn1nccc(-c2ccc(C)c(NC(=O)C3=CN(C)C(=O)C[C@H]3c3cccc(F)c3)c2)c1=O. The van der Waals surface area contributed by atoms with E-state index < -0.39 is 29.3 Å². The third kappa shape index (κ3) is 5.87. The molecule has 0 unspecified atom stereocenters. The van der Waals surface area contributed by atoms with Crippen LogP contribution in [0.4, 0.5) is 10.1 Å². The monoisotopic (exact) mass is 520 g/mol. The van der Waals surface area contributed by atoms with Crippen LogP contribution in [0, 0.1) is 12.7 Å². The number of nitrogens with one attached hydrogen (secondary N) is 1. The van der Waals surface area contributed by atoms with Gasteiger partial charge in [-0.1, -0.05) is 24.3 Å². The minimum atomic E-state index is -0.895. The number of hydrogen-bond donors (Lipinski definition) is 2. The highest BCUT2D eigenvalue weighted by Gasteiger charge is 2.31. The third-order valence-corrected chi connectivity index (χ3v) is 6.45. The van der Waals surface area contributed by atoms with Gasteiger partial charge < -0.3 is 20.1 Å². The molecule has 0 fully saturated rings. The van der Waals surface area contributed by atoms with Crippen LogP contribution in [0.15, 0.2) is 71.3 Å². The predicted molar refractivity (Wildman–Crippen MR) is 140 cm³/mol. The van der Waals surface area contributed by atoms with Gasteiger partial charge >= 0.3 is 0 Å². The highest BCUT2D eigenvalue weighted by Crippen LogP contribution is 2.34. The van der Waals surface area contributed by atoms with Gasteiger partial charge in [0.05, 0.1) is 24.8 Å². The highest BCUT2D eigenvalue weighted by atomic mass is 19.1. The summed E-state index contributed by atoms with van der Waals surface area (Å²) in [5.74, 6) is -1.67. The molecule has 0 radical (unpaired) electrons. The molecule has 9 nitrogen and oxygen atoms in total. The lowest BCUT2D eigenvalue weighted by atomic mass is 9.85. The van der Waals surface area contributed by atoms with Crippen LogP contribution in [0.3, 0.4) is 0 Å². The van der Waals surface area contributed by atoms with E-state index in [0.29, 0.717) is 28.0 Å². The summed E-state index contributed by atoms with van der Waals surface area (Å²) in [6, 6.07) is 12.7. The van der Waals surface area contributed by atoms with Crippen LogP contribution in [0.1, 0.15) is 23.5 Å². The first kappa shape index (κ1) is 26.9. The molecule has 0 aliphatic carbocycles. The summed E-state index contributed by atoms with van der Waals surface area (Å²) in [5, 5.41) is 17.0. The smallest absolute Gasteiger partial charge is 0.274 e. The molecule has 0 saturated carbocycles. The second-order valence-corrected chi connectivity index (χ2v) is 9.23. The minimum absolute atomic E-state index is 0.0299. The largest absolute Gasteiger partial charge is 0.389 e. The summed E-state index contributed by atoms with van der Waals surface area (Å²) >= 11 is 0. The van der Waals surface area contributed by atoms with E-state index in [4.69, 9.17) is 4.74 Å². The van der Waals surface area contributed by atoms with Crippen LogP contribution >= 0.6 is 0 Å². The Morgan fingerprint density at radius 3 is 2.76 bits per heavy atom. The zero-order valence-electron chi connectivity index (χ0n) is 21.3. The molecule has 2 atom stereocenters. The molecule has 2 N–H and O–H groups in total. The summed E-state index contributed by atoms with van der Waals surface area (Å²) < 4.78 is 20.0. The standard InChI is InChI=1S/C28H29FN4O5/c1-17-7-8-19(22-9-10-30-33(28(22)37)14-21(34)16-38-3)12-25(17)31-27(36)24-15-32(2)26(35)13-23(24)18-5-4-6-20(29)11-18/h4-12,15,21,23,34H,13-14,16H2,1-3H3,(H,31,36)/t21-,23+/m1/s1. The van der Waals surface area contributed by atoms with Crippen LogP contribution < -0.4 is 10.9 Å². The number of aromatic nitrogens is 2. The van der Waals surface area contributed by atoms with Crippen LogP contribution in [-0.4, -0.2) is 58.5 Å². The molecule has 38 heavy (non-hydrogen) atoms. The molecule has 0 saturated heterocycles. The Bertz CT molecular complexity index is 1450. The van der Waals surface area contributed by atoms with Gasteiger partial charge in [-0.05, 0) is 47.9 Å². The number of methoxy groups -OCH3 is 1. The van der Waals surface area contributed by atoms with Gasteiger partial charge in [0.25, 0.3) is 11.5 Å². The van der Waals surface area contributed by atoms with E-state index in [1.54, 1.807) is 43.4 Å². The van der Waals surface area contributed by atoms with Crippen molar-refractivity contribution in [3.8, 4) is 11.1 Å². The van der Waals surface area contributed by atoms with Gasteiger partial charge in [0.1, 0.15) is 5.82 Å². The molecule has 10 heteroatoms. The quantitative estimate of drug-likeness (QED) is 0.472. The molecule has 3 aromatic rings. The lowest BCUT2D eigenvalue weighted by Crippen LogP contribution is -2.33. The van der Waals surface area contributed by atoms with Crippen LogP contribution in [0.2, 0.25) is 0 Å². The first-order valence-corrected chi connectivity index (χ1v) is 12.1. The Morgan fingerprint density at radius 1 is 1.24 bits per heavy atom. The molecule has 0 bridgehead atoms. The normalized spacial score (nSPS) is 16.2. The molecule has 1 aliphatic heterocycles. The average Bonchev–Trinajstić information content (AvgIpc) is 2.88. The summed E-state index contributed by atoms with van der Waals surface area (Å²) in [6.07, 6.45) is 2.08. The zero-order valence-corrected chi connectivity index (χ0v) is 21.3. The number of ether oxygens (including phenoxy) is 1. The van der Waals surface area contributed by atoms with Gasteiger partial charge in [0.2, 0.25) is 5.91 Å². The maximum atomic E-state index is 13.9. The van der Waals surface area contributed by atoms with Gasteiger partial charge in [0.15, 0.2) is 0 Å². The van der Waals surface area contributed by atoms with Crippen molar-refractivity contribution in [2.75, 3.05) is 26.1 Å². The van der Waals surface area contributed by atoms with E-state index in [9.17, 15) is 23.9 Å². The number of aryl methyl sites for hydroxylation is 1. The van der Waals surface area contributed by atoms with E-state index in [0.717, 1.165) is 5.56 Å². The molecule has 2 heterocycles. The fourth-order valence-electron chi connectivity index (χ4n) is 4.40. The molecule has 1 aliphatic rings. The van der Waals surface area contributed by atoms with Crippen molar-refractivity contribution in [3.05, 3.63) is 93.8 Å². The molecular formula is C28H29FN4O5. The second kappa shape index (κ2) is 11.5. The fraction of sp³-hybridized carbons (Fsp3) is 0.286. The van der Waals surface area contributed by atoms with Crippen molar-refractivity contribution < 1.29 is 23.8 Å². The zero-order chi connectivity index (χ0) is 27.4. The van der Waals surface area contributed by atoms with Crippen molar-refractivity contribution >= 4 is 17.5 Å². The number of hydrogen-bond acceptors (Lipinski definition) is 6. The number of aliphatic hydroxyl groups excluding tert-OH is 1. The molecule has 2 amide bonds. The molecule has 198 valence electrons. The van der Waals surface area contributed by atoms with Crippen molar-refractivity contribution in [2.24, 2.45) is 0 Å². The number of halogens is 1. The molecule has 2 aromatic carbocycles. The van der Waals surface area contributed by atoms with E-state index in [1.807, 2.05) is 6.92 Å². The number of rotatable bonds is 8. The fourth-order valence-corrected chi connectivity index (χ4v) is 4.40. The van der Waals surface area contributed by atoms with Crippen LogP contribution in [0.5, 0.6) is 0 Å². The summed E-state index contributed by atoms with van der Waals surface area (Å²) in [7, 11) is 3.03. The van der Waals surface area contributed by atoms with Crippen molar-refractivity contribution in [3.63, 3.8) is 0 Å². The Labute approximate surface area is 219 Å². The van der Waals surface area contributed by atoms with Gasteiger partial charge in [-0.25, -0.2) is 9.07 Å². The Morgan fingerprint density at radius 2 is 2.03 bits per heavy atom. The summed E-state index contributed by atoms with van der Waals surface area (Å²) in [6.45, 7) is 1.85. The Balaban J connectivity index is 1.64. The molecular weight excluding hydrogens is 491 g/mol. The average molecular weight is 521 g/mol. The number of benzene rings is 2. The van der Waals surface area contributed by atoms with Crippen molar-refractivity contribution in [1.29, 1.82) is 0 Å². The van der Waals surface area contributed by atoms with Crippen molar-refractivity contribution in [1.82, 2.24) is 14.7 Å². The van der Waals surface area contributed by atoms with Crippen LogP contribution in [-0.2, 0) is 20.9 Å². The van der Waals surface area contributed by atoms with E-state index in [2.05, 4.69) is 10.4 Å². The van der Waals surface area contributed by atoms with E-state index in [-0.39, 0.29) is 25.5 Å². The molecule has 0 spiro atoms. The number of carbonyl (C=O) groups is 2. The first-order chi connectivity index (χ1) is 18.2. The predicted octanol–water partition coefficient (Wildman–Crippen LogP) is 2.83. The summed E-state index contributed by atoms with van der Waals surface area (Å²) in [5.41, 5.74) is 2.60. The van der Waals surface area contributed by atoms with Gasteiger partial charge in [-0.2, -0.15) is 5.10 Å². The number of aliphatic hydroxyl groups is 1. The van der Waals surface area contributed by atoms with Crippen molar-refractivity contribution in [2.45, 2.75) is 31.9 Å². The maximum Gasteiger partial charge on any atom is 0.274 e. The number of amides is 2. The lowest BCUT2D eigenvalue weighted by Gasteiger charge is -2.28. The Hall–Kier alpha value is -4.15. The summed E-state index contributed by atoms with van der Waals surface area (Å²) in [4.78, 5) is 40.3. The topological polar surface area (TPSA) is 114 Å². The van der Waals surface area contributed by atoms with E-state index >= 15 is 0 Å². The van der Waals surface area contributed by atoms with Gasteiger partial charge in [-0.3, -0.25) is 14.4 Å². The molecule has 4 rings (SSSR count). The minimum Gasteiger partial charge on any atom is -0.389 e. The maximum absolute atomic E-state index is 13.9. The highest BCUT2D eigenvalue weighted by molar-refractivity contribution is 6.07.